The minimum absolute atomic E-state index is 0.789. The van der Waals surface area contributed by atoms with E-state index in [1.165, 1.54) is 5.56 Å². The van der Waals surface area contributed by atoms with E-state index < -0.39 is 0 Å². The van der Waals surface area contributed by atoms with Crippen LogP contribution in [0.25, 0.3) is 0 Å². The van der Waals surface area contributed by atoms with Gasteiger partial charge in [0.1, 0.15) is 12.1 Å². The van der Waals surface area contributed by atoms with Crippen LogP contribution in [-0.2, 0) is 13.0 Å². The zero-order chi connectivity index (χ0) is 13.0. The highest BCUT2D eigenvalue weighted by atomic mass is 15.2. The number of hydrogen-bond acceptors (Lipinski definition) is 4. The van der Waals surface area contributed by atoms with E-state index in [0.717, 1.165) is 30.2 Å². The summed E-state index contributed by atoms with van der Waals surface area (Å²) in [6.45, 7) is 2.90. The van der Waals surface area contributed by atoms with E-state index in [0.29, 0.717) is 0 Å². The Morgan fingerprint density at radius 2 is 1.89 bits per heavy atom. The fourth-order valence-electron chi connectivity index (χ4n) is 1.77. The molecule has 18 heavy (non-hydrogen) atoms. The van der Waals surface area contributed by atoms with Gasteiger partial charge in [0.25, 0.3) is 0 Å². The van der Waals surface area contributed by atoms with Crippen molar-refractivity contribution in [2.45, 2.75) is 19.9 Å². The van der Waals surface area contributed by atoms with Gasteiger partial charge in [-0.2, -0.15) is 0 Å². The monoisotopic (exact) mass is 242 g/mol. The maximum atomic E-state index is 5.67. The van der Waals surface area contributed by atoms with Gasteiger partial charge in [-0.1, -0.05) is 19.1 Å². The van der Waals surface area contributed by atoms with Gasteiger partial charge in [0, 0.05) is 31.0 Å². The number of anilines is 2. The lowest BCUT2D eigenvalue weighted by Crippen LogP contribution is -2.18. The summed E-state index contributed by atoms with van der Waals surface area (Å²) >= 11 is 0. The van der Waals surface area contributed by atoms with E-state index in [-0.39, 0.29) is 0 Å². The number of rotatable bonds is 4. The lowest BCUT2D eigenvalue weighted by molar-refractivity contribution is 0.878. The van der Waals surface area contributed by atoms with E-state index in [1.807, 2.05) is 37.4 Å². The SMILES string of the molecule is CCc1cc(N(C)Cc2ccc(N)cc2)ncn1. The number of benzene rings is 1. The average Bonchev–Trinajstić information content (AvgIpc) is 2.41. The average molecular weight is 242 g/mol. The Bertz CT molecular complexity index is 507. The summed E-state index contributed by atoms with van der Waals surface area (Å²) in [5.74, 6) is 0.943. The Hall–Kier alpha value is -2.10. The van der Waals surface area contributed by atoms with E-state index in [1.54, 1.807) is 6.33 Å². The Morgan fingerprint density at radius 1 is 1.17 bits per heavy atom. The highest BCUT2D eigenvalue weighted by molar-refractivity contribution is 5.42. The molecular formula is C14H18N4. The molecule has 1 aromatic carbocycles. The summed E-state index contributed by atoms with van der Waals surface area (Å²) < 4.78 is 0. The maximum absolute atomic E-state index is 5.67. The summed E-state index contributed by atoms with van der Waals surface area (Å²) in [6, 6.07) is 9.93. The number of nitrogens with zero attached hydrogens (tertiary/aromatic N) is 3. The van der Waals surface area contributed by atoms with Crippen molar-refractivity contribution >= 4 is 11.5 Å². The minimum Gasteiger partial charge on any atom is -0.399 e. The second-order valence-corrected chi connectivity index (χ2v) is 4.32. The van der Waals surface area contributed by atoms with Crippen molar-refractivity contribution in [1.29, 1.82) is 0 Å². The molecule has 0 unspecified atom stereocenters. The van der Waals surface area contributed by atoms with Crippen LogP contribution in [-0.4, -0.2) is 17.0 Å². The molecule has 0 amide bonds. The van der Waals surface area contributed by atoms with Gasteiger partial charge in [-0.25, -0.2) is 9.97 Å². The summed E-state index contributed by atoms with van der Waals surface area (Å²) in [7, 11) is 2.03. The van der Waals surface area contributed by atoms with Crippen molar-refractivity contribution in [3.8, 4) is 0 Å². The molecule has 2 N–H and O–H groups in total. The van der Waals surface area contributed by atoms with Gasteiger partial charge in [-0.05, 0) is 24.1 Å². The zero-order valence-electron chi connectivity index (χ0n) is 10.8. The molecule has 0 saturated carbocycles. The quantitative estimate of drug-likeness (QED) is 0.835. The molecule has 94 valence electrons. The summed E-state index contributed by atoms with van der Waals surface area (Å²) in [5.41, 5.74) is 8.73. The van der Waals surface area contributed by atoms with Crippen LogP contribution in [0, 0.1) is 0 Å². The van der Waals surface area contributed by atoms with Gasteiger partial charge < -0.3 is 10.6 Å². The molecule has 0 aliphatic carbocycles. The normalized spacial score (nSPS) is 10.3. The Balaban J connectivity index is 2.11. The number of hydrogen-bond donors (Lipinski definition) is 1. The van der Waals surface area contributed by atoms with Gasteiger partial charge in [0.2, 0.25) is 0 Å². The first kappa shape index (κ1) is 12.4. The van der Waals surface area contributed by atoms with Crippen LogP contribution in [0.15, 0.2) is 36.7 Å². The van der Waals surface area contributed by atoms with Gasteiger partial charge in [-0.15, -0.1) is 0 Å². The smallest absolute Gasteiger partial charge is 0.132 e. The molecule has 2 rings (SSSR count). The third-order valence-corrected chi connectivity index (χ3v) is 2.86. The van der Waals surface area contributed by atoms with Crippen LogP contribution in [0.5, 0.6) is 0 Å². The topological polar surface area (TPSA) is 55.0 Å². The minimum atomic E-state index is 0.789. The molecule has 1 aromatic heterocycles. The van der Waals surface area contributed by atoms with Crippen molar-refractivity contribution in [2.24, 2.45) is 0 Å². The lowest BCUT2D eigenvalue weighted by Gasteiger charge is -2.18. The molecule has 0 radical (unpaired) electrons. The fourth-order valence-corrected chi connectivity index (χ4v) is 1.77. The lowest BCUT2D eigenvalue weighted by atomic mass is 10.2. The molecule has 0 aliphatic heterocycles. The van der Waals surface area contributed by atoms with Crippen molar-refractivity contribution in [1.82, 2.24) is 9.97 Å². The van der Waals surface area contributed by atoms with E-state index in [4.69, 9.17) is 5.73 Å². The molecule has 2 aromatic rings. The van der Waals surface area contributed by atoms with Gasteiger partial charge in [0.05, 0.1) is 0 Å². The number of aryl methyl sites for hydroxylation is 1. The third-order valence-electron chi connectivity index (χ3n) is 2.86. The van der Waals surface area contributed by atoms with Crippen molar-refractivity contribution in [2.75, 3.05) is 17.7 Å². The Morgan fingerprint density at radius 3 is 2.56 bits per heavy atom. The van der Waals surface area contributed by atoms with Crippen molar-refractivity contribution in [3.05, 3.63) is 47.9 Å². The highest BCUT2D eigenvalue weighted by Crippen LogP contribution is 2.14. The first-order chi connectivity index (χ1) is 8.69. The van der Waals surface area contributed by atoms with E-state index in [2.05, 4.69) is 21.8 Å². The molecule has 0 bridgehead atoms. The Labute approximate surface area is 107 Å². The fraction of sp³-hybridized carbons (Fsp3) is 0.286. The van der Waals surface area contributed by atoms with E-state index >= 15 is 0 Å². The van der Waals surface area contributed by atoms with Crippen LogP contribution in [0.1, 0.15) is 18.2 Å². The maximum Gasteiger partial charge on any atom is 0.132 e. The molecule has 4 nitrogen and oxygen atoms in total. The van der Waals surface area contributed by atoms with Gasteiger partial charge in [-0.3, -0.25) is 0 Å². The van der Waals surface area contributed by atoms with Crippen molar-refractivity contribution in [3.63, 3.8) is 0 Å². The first-order valence-electron chi connectivity index (χ1n) is 6.05. The second kappa shape index (κ2) is 5.49. The van der Waals surface area contributed by atoms with Gasteiger partial charge in [0.15, 0.2) is 0 Å². The number of nitrogens with two attached hydrogens (primary N) is 1. The molecule has 0 fully saturated rings. The molecule has 1 heterocycles. The molecule has 0 atom stereocenters. The zero-order valence-corrected chi connectivity index (χ0v) is 10.8. The molecule has 0 aliphatic rings. The predicted octanol–water partition coefficient (Wildman–Crippen LogP) is 2.26. The number of aromatic nitrogens is 2. The van der Waals surface area contributed by atoms with Crippen LogP contribution in [0.2, 0.25) is 0 Å². The summed E-state index contributed by atoms with van der Waals surface area (Å²) in [6.07, 6.45) is 2.54. The van der Waals surface area contributed by atoms with Crippen LogP contribution in [0.3, 0.4) is 0 Å². The van der Waals surface area contributed by atoms with E-state index in [9.17, 15) is 0 Å². The largest absolute Gasteiger partial charge is 0.399 e. The molecule has 4 heteroatoms. The summed E-state index contributed by atoms with van der Waals surface area (Å²) in [5, 5.41) is 0. The highest BCUT2D eigenvalue weighted by Gasteiger charge is 2.04. The van der Waals surface area contributed by atoms with Crippen LogP contribution in [0.4, 0.5) is 11.5 Å². The predicted molar refractivity (Wildman–Crippen MR) is 74.4 cm³/mol. The van der Waals surface area contributed by atoms with Crippen LogP contribution >= 0.6 is 0 Å². The van der Waals surface area contributed by atoms with Crippen molar-refractivity contribution < 1.29 is 0 Å². The Kier molecular flexibility index (Phi) is 3.77. The molecule has 0 spiro atoms. The standard InChI is InChI=1S/C14H18N4/c1-3-13-8-14(17-10-16-13)18(2)9-11-4-6-12(15)7-5-11/h4-8,10H,3,9,15H2,1-2H3. The molecule has 0 saturated heterocycles. The first-order valence-corrected chi connectivity index (χ1v) is 6.05. The molecular weight excluding hydrogens is 224 g/mol. The third kappa shape index (κ3) is 2.97. The summed E-state index contributed by atoms with van der Waals surface area (Å²) in [4.78, 5) is 10.6. The number of nitrogen functional groups attached to an aromatic ring is 1. The van der Waals surface area contributed by atoms with Gasteiger partial charge >= 0.3 is 0 Å². The second-order valence-electron chi connectivity index (χ2n) is 4.32. The van der Waals surface area contributed by atoms with Crippen LogP contribution < -0.4 is 10.6 Å².